The number of nitrogens with one attached hydrogen (secondary N) is 1. The van der Waals surface area contributed by atoms with E-state index in [-0.39, 0.29) is 5.91 Å². The van der Waals surface area contributed by atoms with Crippen molar-refractivity contribution in [2.24, 2.45) is 0 Å². The van der Waals surface area contributed by atoms with Crippen LogP contribution in [0.25, 0.3) is 10.9 Å². The number of amides is 1. The summed E-state index contributed by atoms with van der Waals surface area (Å²) in [5.41, 5.74) is 2.89. The minimum Gasteiger partial charge on any atom is -0.481 e. The summed E-state index contributed by atoms with van der Waals surface area (Å²) in [7, 11) is 2.10. The first kappa shape index (κ1) is 22.1. The van der Waals surface area contributed by atoms with Gasteiger partial charge < -0.3 is 19.9 Å². The molecule has 0 fully saturated rings. The molecule has 4 rings (SSSR count). The maximum atomic E-state index is 13.6. The van der Waals surface area contributed by atoms with E-state index >= 15 is 0 Å². The van der Waals surface area contributed by atoms with Gasteiger partial charge in [-0.25, -0.2) is 0 Å². The molecule has 2 unspecified atom stereocenters. The van der Waals surface area contributed by atoms with Gasteiger partial charge in [-0.3, -0.25) is 9.59 Å². The van der Waals surface area contributed by atoms with Gasteiger partial charge in [0.25, 0.3) is 5.91 Å². The zero-order chi connectivity index (χ0) is 22.7. The largest absolute Gasteiger partial charge is 0.481 e. The van der Waals surface area contributed by atoms with Gasteiger partial charge >= 0.3 is 5.97 Å². The van der Waals surface area contributed by atoms with Crippen molar-refractivity contribution in [3.05, 3.63) is 71.4 Å². The van der Waals surface area contributed by atoms with Crippen LogP contribution in [-0.4, -0.2) is 58.4 Å². The van der Waals surface area contributed by atoms with E-state index in [0.29, 0.717) is 17.7 Å². The molecule has 0 saturated heterocycles. The smallest absolute Gasteiger partial charge is 0.313 e. The van der Waals surface area contributed by atoms with E-state index in [4.69, 9.17) is 0 Å². The van der Waals surface area contributed by atoms with E-state index in [1.807, 2.05) is 36.5 Å². The van der Waals surface area contributed by atoms with Crippen molar-refractivity contribution in [2.45, 2.75) is 38.1 Å². The van der Waals surface area contributed by atoms with E-state index < -0.39 is 17.9 Å². The minimum absolute atomic E-state index is 0.0930. The van der Waals surface area contributed by atoms with Crippen LogP contribution >= 0.6 is 0 Å². The molecule has 2 heterocycles. The highest BCUT2D eigenvalue weighted by molar-refractivity contribution is 6.01. The van der Waals surface area contributed by atoms with E-state index in [1.165, 1.54) is 0 Å². The van der Waals surface area contributed by atoms with Crippen molar-refractivity contribution in [3.63, 3.8) is 0 Å². The zero-order valence-corrected chi connectivity index (χ0v) is 18.8. The van der Waals surface area contributed by atoms with Crippen LogP contribution in [-0.2, 0) is 4.79 Å². The summed E-state index contributed by atoms with van der Waals surface area (Å²) in [5.74, 6) is -1.82. The van der Waals surface area contributed by atoms with Gasteiger partial charge in [-0.1, -0.05) is 49.7 Å². The molecule has 2 N–H and O–H groups in total. The minimum atomic E-state index is -0.912. The van der Waals surface area contributed by atoms with Gasteiger partial charge in [0.15, 0.2) is 0 Å². The number of hydrogen-bond acceptors (Lipinski definition) is 3. The fourth-order valence-corrected chi connectivity index (χ4v) is 4.84. The molecule has 168 valence electrons. The Morgan fingerprint density at radius 2 is 1.78 bits per heavy atom. The molecule has 6 heteroatoms. The summed E-state index contributed by atoms with van der Waals surface area (Å²) in [4.78, 5) is 33.5. The van der Waals surface area contributed by atoms with E-state index in [0.717, 1.165) is 48.8 Å². The number of carboxylic acids is 1. The number of benzene rings is 2. The second kappa shape index (κ2) is 9.57. The van der Waals surface area contributed by atoms with Crippen LogP contribution in [0.3, 0.4) is 0 Å². The molecule has 1 aliphatic rings. The molecule has 0 saturated carbocycles. The van der Waals surface area contributed by atoms with E-state index in [2.05, 4.69) is 23.9 Å². The van der Waals surface area contributed by atoms with Gasteiger partial charge in [0, 0.05) is 34.8 Å². The van der Waals surface area contributed by atoms with Crippen molar-refractivity contribution in [1.29, 1.82) is 0 Å². The number of fused-ring (bicyclic) bond motifs is 2. The summed E-state index contributed by atoms with van der Waals surface area (Å²) in [5, 5.41) is 11.2. The highest BCUT2D eigenvalue weighted by atomic mass is 16.4. The molecule has 6 nitrogen and oxygen atoms in total. The third kappa shape index (κ3) is 4.15. The Labute approximate surface area is 188 Å². The van der Waals surface area contributed by atoms with Gasteiger partial charge in [0.2, 0.25) is 0 Å². The lowest BCUT2D eigenvalue weighted by atomic mass is 9.79. The quantitative estimate of drug-likeness (QED) is 0.515. The molecule has 2 aromatic carbocycles. The number of rotatable bonds is 9. The van der Waals surface area contributed by atoms with Crippen molar-refractivity contribution in [1.82, 2.24) is 14.8 Å². The first-order chi connectivity index (χ1) is 15.5. The van der Waals surface area contributed by atoms with Gasteiger partial charge in [0.05, 0.1) is 6.04 Å². The van der Waals surface area contributed by atoms with Crippen LogP contribution in [0.2, 0.25) is 0 Å². The second-order valence-electron chi connectivity index (χ2n) is 8.65. The first-order valence-corrected chi connectivity index (χ1v) is 11.4. The summed E-state index contributed by atoms with van der Waals surface area (Å²) in [6.07, 6.45) is 4.95. The predicted molar refractivity (Wildman–Crippen MR) is 126 cm³/mol. The Kier molecular flexibility index (Phi) is 6.61. The number of carbonyl (C=O) groups excluding carboxylic acids is 1. The van der Waals surface area contributed by atoms with Crippen molar-refractivity contribution < 1.29 is 14.7 Å². The third-order valence-electron chi connectivity index (χ3n) is 6.48. The number of nitrogens with zero attached hydrogens (tertiary/aromatic N) is 2. The molecule has 32 heavy (non-hydrogen) atoms. The van der Waals surface area contributed by atoms with Crippen molar-refractivity contribution in [2.75, 3.05) is 26.7 Å². The third-order valence-corrected chi connectivity index (χ3v) is 6.48. The average Bonchev–Trinajstić information content (AvgIpc) is 3.22. The van der Waals surface area contributed by atoms with Crippen molar-refractivity contribution >= 4 is 22.8 Å². The lowest BCUT2D eigenvalue weighted by Crippen LogP contribution is -2.45. The Hall–Kier alpha value is -3.12. The van der Waals surface area contributed by atoms with Gasteiger partial charge in [0.1, 0.15) is 5.92 Å². The van der Waals surface area contributed by atoms with Crippen molar-refractivity contribution in [3.8, 4) is 0 Å². The lowest BCUT2D eigenvalue weighted by molar-refractivity contribution is -0.140. The molecule has 0 bridgehead atoms. The Morgan fingerprint density at radius 1 is 1.06 bits per heavy atom. The summed E-state index contributed by atoms with van der Waals surface area (Å²) in [6, 6.07) is 14.4. The SMILES string of the molecule is CCCCN(C)CCCN1C(=O)c2ccccc2C(C(=O)O)C1c1c[nH]c2ccccc12. The van der Waals surface area contributed by atoms with Crippen LogP contribution < -0.4 is 0 Å². The lowest BCUT2D eigenvalue weighted by Gasteiger charge is -2.41. The highest BCUT2D eigenvalue weighted by Crippen LogP contribution is 2.44. The molecule has 3 aromatic rings. The number of unbranched alkanes of at least 4 members (excludes halogenated alkanes) is 1. The monoisotopic (exact) mass is 433 g/mol. The molecule has 1 aliphatic heterocycles. The number of aliphatic carboxylic acids is 1. The molecule has 0 spiro atoms. The van der Waals surface area contributed by atoms with E-state index in [9.17, 15) is 14.7 Å². The Balaban J connectivity index is 1.73. The maximum Gasteiger partial charge on any atom is 0.313 e. The molecular formula is C26H31N3O3. The molecule has 0 radical (unpaired) electrons. The number of carbonyl (C=O) groups is 2. The van der Waals surface area contributed by atoms with Gasteiger partial charge in [-0.05, 0) is 50.7 Å². The van der Waals surface area contributed by atoms with Crippen LogP contribution in [0, 0.1) is 0 Å². The standard InChI is InChI=1S/C26H31N3O3/c1-3-4-14-28(2)15-9-16-29-24(21-17-27-22-13-8-7-10-18(21)22)23(26(31)32)19-11-5-6-12-20(19)25(29)30/h5-8,10-13,17,23-24,27H,3-4,9,14-16H2,1-2H3,(H,31,32). The number of aromatic nitrogens is 1. The number of aromatic amines is 1. The van der Waals surface area contributed by atoms with Gasteiger partial charge in [-0.2, -0.15) is 0 Å². The summed E-state index contributed by atoms with van der Waals surface area (Å²) < 4.78 is 0. The molecule has 0 aliphatic carbocycles. The number of H-pyrrole nitrogens is 1. The molecule has 2 atom stereocenters. The number of carboxylic acid groups (broad SMARTS) is 1. The molecule has 1 amide bonds. The number of hydrogen-bond donors (Lipinski definition) is 2. The van der Waals surface area contributed by atoms with Crippen LogP contribution in [0.5, 0.6) is 0 Å². The Morgan fingerprint density at radius 3 is 2.56 bits per heavy atom. The summed E-state index contributed by atoms with van der Waals surface area (Å²) in [6.45, 7) is 4.58. The summed E-state index contributed by atoms with van der Waals surface area (Å²) >= 11 is 0. The second-order valence-corrected chi connectivity index (χ2v) is 8.65. The fraction of sp³-hybridized carbons (Fsp3) is 0.385. The first-order valence-electron chi connectivity index (χ1n) is 11.4. The predicted octanol–water partition coefficient (Wildman–Crippen LogP) is 4.66. The van der Waals surface area contributed by atoms with Crippen LogP contribution in [0.1, 0.15) is 59.6 Å². The normalized spacial score (nSPS) is 18.3. The average molecular weight is 434 g/mol. The van der Waals surface area contributed by atoms with Crippen LogP contribution in [0.4, 0.5) is 0 Å². The Bertz CT molecular complexity index is 1110. The number of para-hydroxylation sites is 1. The fourth-order valence-electron chi connectivity index (χ4n) is 4.84. The zero-order valence-electron chi connectivity index (χ0n) is 18.8. The topological polar surface area (TPSA) is 76.6 Å². The van der Waals surface area contributed by atoms with Gasteiger partial charge in [-0.15, -0.1) is 0 Å². The van der Waals surface area contributed by atoms with Crippen LogP contribution in [0.15, 0.2) is 54.7 Å². The molecular weight excluding hydrogens is 402 g/mol. The highest BCUT2D eigenvalue weighted by Gasteiger charge is 2.44. The molecule has 1 aromatic heterocycles. The maximum absolute atomic E-state index is 13.6. The van der Waals surface area contributed by atoms with E-state index in [1.54, 1.807) is 23.1 Å².